The first-order valence-electron chi connectivity index (χ1n) is 16.4. The van der Waals surface area contributed by atoms with E-state index in [0.717, 1.165) is 65.7 Å². The second-order valence-corrected chi connectivity index (χ2v) is 13.7. The maximum absolute atomic E-state index is 13.8. The van der Waals surface area contributed by atoms with Gasteiger partial charge in [0.15, 0.2) is 0 Å². The number of carbonyl (C=O) groups excluding carboxylic acids is 1. The highest BCUT2D eigenvalue weighted by Crippen LogP contribution is 2.48. The van der Waals surface area contributed by atoms with E-state index in [9.17, 15) is 19.4 Å². The number of aliphatic hydroxyl groups is 2. The smallest absolute Gasteiger partial charge is 0.230 e. The van der Waals surface area contributed by atoms with Gasteiger partial charge in [0.05, 0.1) is 24.7 Å². The number of nitrogens with zero attached hydrogens (tertiary/aromatic N) is 3. The largest absolute Gasteiger partial charge is 0.392 e. The SMILES string of the molecule is CC1CC(N(C(=O)C[C@@H](O)C[C@@H](O)/C=C/c2c(-c3ccc(F)cc3)c3ccccc3n2C(C)C)C(C2CC2)C2CC2)=NC1C. The number of hydrogen-bond acceptors (Lipinski definition) is 4. The molecule has 2 aliphatic carbocycles. The molecule has 2 heterocycles. The van der Waals surface area contributed by atoms with Crippen LogP contribution in [0.15, 0.2) is 59.6 Å². The number of hydrogen-bond donors (Lipinski definition) is 2. The van der Waals surface area contributed by atoms with Crippen LogP contribution in [0, 0.1) is 23.6 Å². The summed E-state index contributed by atoms with van der Waals surface area (Å²) >= 11 is 0. The van der Waals surface area contributed by atoms with E-state index in [2.05, 4.69) is 44.4 Å². The highest BCUT2D eigenvalue weighted by molar-refractivity contribution is 6.01. The Hall–Kier alpha value is -3.29. The molecule has 6 nitrogen and oxygen atoms in total. The van der Waals surface area contributed by atoms with Crippen molar-refractivity contribution in [3.63, 3.8) is 0 Å². The number of fused-ring (bicyclic) bond motifs is 1. The molecular weight excluding hydrogens is 553 g/mol. The summed E-state index contributed by atoms with van der Waals surface area (Å²) in [5.41, 5.74) is 3.82. The lowest BCUT2D eigenvalue weighted by molar-refractivity contribution is -0.132. The summed E-state index contributed by atoms with van der Waals surface area (Å²) in [5.74, 6) is 2.00. The van der Waals surface area contributed by atoms with Gasteiger partial charge in [0.1, 0.15) is 11.7 Å². The minimum atomic E-state index is -0.979. The normalized spacial score (nSPS) is 21.9. The van der Waals surface area contributed by atoms with E-state index in [0.29, 0.717) is 17.8 Å². The van der Waals surface area contributed by atoms with Gasteiger partial charge in [-0.05, 0) is 94.0 Å². The predicted octanol–water partition coefficient (Wildman–Crippen LogP) is 7.39. The van der Waals surface area contributed by atoms with Crippen LogP contribution in [0.2, 0.25) is 0 Å². The summed E-state index contributed by atoms with van der Waals surface area (Å²) in [7, 11) is 0. The topological polar surface area (TPSA) is 78.1 Å². The Bertz CT molecular complexity index is 1540. The van der Waals surface area contributed by atoms with Gasteiger partial charge in [-0.15, -0.1) is 0 Å². The number of aromatic nitrogens is 1. The highest BCUT2D eigenvalue weighted by atomic mass is 19.1. The molecule has 1 aliphatic heterocycles. The Labute approximate surface area is 260 Å². The fourth-order valence-corrected chi connectivity index (χ4v) is 7.06. The fourth-order valence-electron chi connectivity index (χ4n) is 7.06. The number of rotatable bonds is 11. The van der Waals surface area contributed by atoms with Crippen LogP contribution in [0.5, 0.6) is 0 Å². The molecule has 0 radical (unpaired) electrons. The van der Waals surface area contributed by atoms with Crippen molar-refractivity contribution >= 4 is 28.7 Å². The number of para-hydroxylation sites is 1. The Balaban J connectivity index is 1.21. The van der Waals surface area contributed by atoms with Crippen molar-refractivity contribution in [2.24, 2.45) is 22.7 Å². The zero-order valence-corrected chi connectivity index (χ0v) is 26.4. The first kappa shape index (κ1) is 30.7. The molecular formula is C37H46FN3O3. The van der Waals surface area contributed by atoms with E-state index in [-0.39, 0.29) is 42.7 Å². The minimum absolute atomic E-state index is 0.0320. The van der Waals surface area contributed by atoms with Gasteiger partial charge in [0.2, 0.25) is 5.91 Å². The van der Waals surface area contributed by atoms with Crippen molar-refractivity contribution in [3.05, 3.63) is 66.1 Å². The van der Waals surface area contributed by atoms with Gasteiger partial charge < -0.3 is 14.8 Å². The van der Waals surface area contributed by atoms with E-state index in [4.69, 9.17) is 4.99 Å². The number of aliphatic imine (C=N–C) groups is 1. The molecule has 2 aromatic carbocycles. The summed E-state index contributed by atoms with van der Waals surface area (Å²) in [4.78, 5) is 20.7. The van der Waals surface area contributed by atoms with Crippen LogP contribution < -0.4 is 0 Å². The third-order valence-corrected chi connectivity index (χ3v) is 9.73. The molecule has 1 aromatic heterocycles. The van der Waals surface area contributed by atoms with Crippen LogP contribution in [0.3, 0.4) is 0 Å². The number of amides is 1. The summed E-state index contributed by atoms with van der Waals surface area (Å²) in [5, 5.41) is 23.2. The van der Waals surface area contributed by atoms with Crippen molar-refractivity contribution in [2.75, 3.05) is 0 Å². The summed E-state index contributed by atoms with van der Waals surface area (Å²) < 4.78 is 16.0. The van der Waals surface area contributed by atoms with Crippen LogP contribution in [-0.4, -0.2) is 55.7 Å². The molecule has 6 rings (SSSR count). The van der Waals surface area contributed by atoms with Crippen molar-refractivity contribution < 1.29 is 19.4 Å². The quantitative estimate of drug-likeness (QED) is 0.241. The molecule has 3 aromatic rings. The van der Waals surface area contributed by atoms with Gasteiger partial charge in [0.25, 0.3) is 0 Å². The molecule has 4 atom stereocenters. The lowest BCUT2D eigenvalue weighted by Crippen LogP contribution is -2.47. The average Bonchev–Trinajstić information content (AvgIpc) is 3.91. The third kappa shape index (κ3) is 6.40. The lowest BCUT2D eigenvalue weighted by atomic mass is 9.99. The van der Waals surface area contributed by atoms with Crippen LogP contribution in [0.1, 0.15) is 84.4 Å². The van der Waals surface area contributed by atoms with Gasteiger partial charge >= 0.3 is 0 Å². The monoisotopic (exact) mass is 599 g/mol. The fraction of sp³-hybridized carbons (Fsp3) is 0.514. The van der Waals surface area contributed by atoms with Gasteiger partial charge in [-0.3, -0.25) is 14.7 Å². The van der Waals surface area contributed by atoms with E-state index in [1.807, 2.05) is 23.1 Å². The zero-order valence-electron chi connectivity index (χ0n) is 26.4. The molecule has 0 spiro atoms. The molecule has 2 N–H and O–H groups in total. The summed E-state index contributed by atoms with van der Waals surface area (Å²) in [6.45, 7) is 8.52. The molecule has 1 amide bonds. The molecule has 7 heteroatoms. The van der Waals surface area contributed by atoms with Crippen LogP contribution >= 0.6 is 0 Å². The molecule has 3 aliphatic rings. The zero-order chi connectivity index (χ0) is 31.1. The summed E-state index contributed by atoms with van der Waals surface area (Å²) in [6.07, 6.45) is 7.12. The molecule has 2 fully saturated rings. The van der Waals surface area contributed by atoms with Crippen molar-refractivity contribution in [1.82, 2.24) is 9.47 Å². The third-order valence-electron chi connectivity index (χ3n) is 9.73. The van der Waals surface area contributed by atoms with Gasteiger partial charge in [-0.1, -0.05) is 43.3 Å². The van der Waals surface area contributed by atoms with E-state index >= 15 is 0 Å². The van der Waals surface area contributed by atoms with Gasteiger partial charge in [0, 0.05) is 47.1 Å². The summed E-state index contributed by atoms with van der Waals surface area (Å²) in [6, 6.07) is 15.1. The minimum Gasteiger partial charge on any atom is -0.392 e. The second kappa shape index (κ2) is 12.6. The number of halogens is 1. The second-order valence-electron chi connectivity index (χ2n) is 13.7. The molecule has 0 bridgehead atoms. The van der Waals surface area contributed by atoms with Gasteiger partial charge in [-0.25, -0.2) is 4.39 Å². The Morgan fingerprint density at radius 3 is 2.30 bits per heavy atom. The maximum atomic E-state index is 13.8. The molecule has 0 saturated heterocycles. The van der Waals surface area contributed by atoms with Gasteiger partial charge in [-0.2, -0.15) is 0 Å². The maximum Gasteiger partial charge on any atom is 0.230 e. The molecule has 234 valence electrons. The Kier molecular flexibility index (Phi) is 8.80. The number of carbonyl (C=O) groups is 1. The average molecular weight is 600 g/mol. The first-order valence-corrected chi connectivity index (χ1v) is 16.4. The predicted molar refractivity (Wildman–Crippen MR) is 175 cm³/mol. The number of amidine groups is 1. The van der Waals surface area contributed by atoms with E-state index < -0.39 is 12.2 Å². The molecule has 2 saturated carbocycles. The number of benzene rings is 2. The Morgan fingerprint density at radius 2 is 1.70 bits per heavy atom. The standard InChI is InChI=1S/C37H46FN3O3/c1-22(2)40-32-8-6-5-7-31(32)36(25-13-15-28(38)16-14-25)33(40)18-17-29(42)20-30(43)21-35(44)41(34-19-23(3)24(4)39-34)37(26-9-10-26)27-11-12-27/h5-8,13-18,22-24,26-27,29-30,37,42-43H,9-12,19-21H2,1-4H3/b18-17+/t23?,24?,29-,30-/m0/s1. The van der Waals surface area contributed by atoms with Crippen LogP contribution in [-0.2, 0) is 4.79 Å². The number of aliphatic hydroxyl groups excluding tert-OH is 2. The van der Waals surface area contributed by atoms with E-state index in [1.54, 1.807) is 18.2 Å². The lowest BCUT2D eigenvalue weighted by Gasteiger charge is -2.33. The molecule has 44 heavy (non-hydrogen) atoms. The van der Waals surface area contributed by atoms with Crippen molar-refractivity contribution in [3.8, 4) is 11.1 Å². The van der Waals surface area contributed by atoms with Crippen LogP contribution in [0.4, 0.5) is 4.39 Å². The van der Waals surface area contributed by atoms with E-state index in [1.165, 1.54) is 12.1 Å². The highest BCUT2D eigenvalue weighted by Gasteiger charge is 2.48. The van der Waals surface area contributed by atoms with Crippen molar-refractivity contribution in [1.29, 1.82) is 0 Å². The van der Waals surface area contributed by atoms with Crippen molar-refractivity contribution in [2.45, 2.75) is 103 Å². The van der Waals surface area contributed by atoms with Crippen LogP contribution in [0.25, 0.3) is 28.1 Å². The first-order chi connectivity index (χ1) is 21.1. The molecule has 2 unspecified atom stereocenters. The Morgan fingerprint density at radius 1 is 1.05 bits per heavy atom.